The predicted octanol–water partition coefficient (Wildman–Crippen LogP) is 2.15. The molecule has 0 unspecified atom stereocenters. The summed E-state index contributed by atoms with van der Waals surface area (Å²) in [6.07, 6.45) is 2.47. The molecule has 2 saturated carbocycles. The normalized spacial score (nSPS) is 27.1. The summed E-state index contributed by atoms with van der Waals surface area (Å²) >= 11 is 0. The third kappa shape index (κ3) is 4.00. The maximum Gasteiger partial charge on any atom is 0.255 e. The Hall–Kier alpha value is -4.28. The van der Waals surface area contributed by atoms with E-state index >= 15 is 0 Å². The Morgan fingerprint density at radius 2 is 1.69 bits per heavy atom. The van der Waals surface area contributed by atoms with Crippen LogP contribution in [0.5, 0.6) is 5.75 Å². The zero-order valence-electron chi connectivity index (χ0n) is 23.3. The molecule has 0 heterocycles. The second-order valence-corrected chi connectivity index (χ2v) is 12.1. The molecule has 218 valence electrons. The van der Waals surface area contributed by atoms with Crippen LogP contribution in [0.1, 0.15) is 36.0 Å². The summed E-state index contributed by atoms with van der Waals surface area (Å²) in [4.78, 5) is 53.1. The van der Waals surface area contributed by atoms with Crippen molar-refractivity contribution in [2.45, 2.75) is 43.7 Å². The van der Waals surface area contributed by atoms with E-state index in [1.54, 1.807) is 20.2 Å². The van der Waals surface area contributed by atoms with E-state index < -0.39 is 58.0 Å². The van der Waals surface area contributed by atoms with E-state index in [4.69, 9.17) is 5.73 Å². The van der Waals surface area contributed by atoms with Crippen LogP contribution in [0.25, 0.3) is 16.9 Å². The van der Waals surface area contributed by atoms with E-state index in [0.717, 1.165) is 24.0 Å². The fourth-order valence-corrected chi connectivity index (χ4v) is 7.07. The first-order valence-electron chi connectivity index (χ1n) is 14.0. The number of aliphatic hydroxyl groups excluding tert-OH is 2. The van der Waals surface area contributed by atoms with Gasteiger partial charge in [0, 0.05) is 23.8 Å². The van der Waals surface area contributed by atoms with Gasteiger partial charge in [0.25, 0.3) is 5.91 Å². The van der Waals surface area contributed by atoms with Gasteiger partial charge in [0.2, 0.25) is 5.78 Å². The number of primary amides is 1. The van der Waals surface area contributed by atoms with Crippen LogP contribution in [0, 0.1) is 17.8 Å². The van der Waals surface area contributed by atoms with Crippen LogP contribution in [0.3, 0.4) is 0 Å². The van der Waals surface area contributed by atoms with Gasteiger partial charge in [-0.05, 0) is 74.0 Å². The predicted molar refractivity (Wildman–Crippen MR) is 151 cm³/mol. The largest absolute Gasteiger partial charge is 0.508 e. The molecule has 0 bridgehead atoms. The van der Waals surface area contributed by atoms with Crippen molar-refractivity contribution < 1.29 is 39.6 Å². The van der Waals surface area contributed by atoms with Crippen molar-refractivity contribution in [3.63, 3.8) is 0 Å². The Morgan fingerprint density at radius 3 is 2.29 bits per heavy atom. The number of Topliss-reactive ketones (excluding diaryl/α,β-unsaturated/α-hetero) is 3. The van der Waals surface area contributed by atoms with Crippen LogP contribution in [0.4, 0.5) is 0 Å². The number of nitrogens with two attached hydrogens (primary N) is 1. The molecule has 10 heteroatoms. The highest BCUT2D eigenvalue weighted by atomic mass is 16.3. The first kappa shape index (κ1) is 27.9. The summed E-state index contributed by atoms with van der Waals surface area (Å²) < 4.78 is 0. The van der Waals surface area contributed by atoms with Crippen LogP contribution in [0.15, 0.2) is 53.3 Å². The number of rotatable bonds is 6. The van der Waals surface area contributed by atoms with E-state index in [1.165, 1.54) is 11.0 Å². The SMILES string of the molecule is CN(C)[C@H]1C(=O)C(C(N)=O)=C(O)[C@]2(O)C(=O)C3=C(O)c4c(O)ccc(-c5ccc(CC(=O)C6CC6)cc5)c4C[C@@H]3C[C@H]12. The zero-order chi connectivity index (χ0) is 30.2. The lowest BCUT2D eigenvalue weighted by Gasteiger charge is -2.50. The van der Waals surface area contributed by atoms with Crippen molar-refractivity contribution in [1.29, 1.82) is 0 Å². The smallest absolute Gasteiger partial charge is 0.255 e. The molecule has 0 radical (unpaired) electrons. The second-order valence-electron chi connectivity index (χ2n) is 12.1. The van der Waals surface area contributed by atoms with Gasteiger partial charge < -0.3 is 26.2 Å². The fraction of sp³-hybridized carbons (Fsp3) is 0.375. The van der Waals surface area contributed by atoms with E-state index in [2.05, 4.69) is 0 Å². The molecular weight excluding hydrogens is 540 g/mol. The molecule has 2 aromatic rings. The van der Waals surface area contributed by atoms with Crippen molar-refractivity contribution in [2.75, 3.05) is 14.1 Å². The van der Waals surface area contributed by atoms with Gasteiger partial charge in [-0.1, -0.05) is 30.3 Å². The molecule has 42 heavy (non-hydrogen) atoms. The number of aliphatic hydroxyl groups is 3. The van der Waals surface area contributed by atoms with Gasteiger partial charge in [0.1, 0.15) is 28.6 Å². The maximum absolute atomic E-state index is 14.0. The molecule has 6 rings (SSSR count). The van der Waals surface area contributed by atoms with Crippen LogP contribution >= 0.6 is 0 Å². The number of likely N-dealkylation sites (N-methyl/N-ethyl adjacent to an activating group) is 1. The lowest BCUT2D eigenvalue weighted by Crippen LogP contribution is -2.65. The summed E-state index contributed by atoms with van der Waals surface area (Å²) in [5.41, 5.74) is 4.68. The average molecular weight is 573 g/mol. The van der Waals surface area contributed by atoms with Gasteiger partial charge in [0.15, 0.2) is 11.4 Å². The first-order valence-corrected chi connectivity index (χ1v) is 14.0. The van der Waals surface area contributed by atoms with E-state index in [1.807, 2.05) is 24.3 Å². The van der Waals surface area contributed by atoms with Crippen LogP contribution in [-0.4, -0.2) is 74.3 Å². The summed E-state index contributed by atoms with van der Waals surface area (Å²) in [7, 11) is 3.12. The molecule has 4 aliphatic carbocycles. The number of carbonyl (C=O) groups excluding carboxylic acids is 4. The molecule has 4 atom stereocenters. The highest BCUT2D eigenvalue weighted by Crippen LogP contribution is 2.53. The summed E-state index contributed by atoms with van der Waals surface area (Å²) in [5.74, 6) is -6.43. The van der Waals surface area contributed by atoms with Crippen molar-refractivity contribution in [3.05, 3.63) is 70.0 Å². The quantitative estimate of drug-likeness (QED) is 0.324. The maximum atomic E-state index is 14.0. The molecule has 6 N–H and O–H groups in total. The van der Waals surface area contributed by atoms with Crippen molar-refractivity contribution in [1.82, 2.24) is 4.90 Å². The summed E-state index contributed by atoms with van der Waals surface area (Å²) in [6.45, 7) is 0. The van der Waals surface area contributed by atoms with E-state index in [9.17, 15) is 39.6 Å². The number of amides is 1. The number of phenols is 1. The molecule has 0 spiro atoms. The minimum atomic E-state index is -2.68. The third-order valence-corrected chi connectivity index (χ3v) is 9.28. The van der Waals surface area contributed by atoms with Gasteiger partial charge in [-0.15, -0.1) is 0 Å². The number of aromatic hydroxyl groups is 1. The highest BCUT2D eigenvalue weighted by Gasteiger charge is 2.64. The standard InChI is InChI=1S/C32H32N2O8/c1-34(2)26-20-13-17-12-19-18(15-5-3-14(4-6-15)11-22(36)16-7-8-16)9-10-21(35)24(19)27(37)23(17)29(39)32(20,42)30(40)25(28(26)38)31(33)41/h3-6,9-10,16-17,20,26,35,37,40,42H,7-8,11-13H2,1-2H3,(H2,33,41)/t17-,20-,26-,32-/m1/s1. The highest BCUT2D eigenvalue weighted by molar-refractivity contribution is 6.24. The molecule has 10 nitrogen and oxygen atoms in total. The number of fused-ring (bicyclic) bond motifs is 3. The summed E-state index contributed by atoms with van der Waals surface area (Å²) in [5, 5.41) is 45.0. The Bertz CT molecular complexity index is 1630. The number of hydrogen-bond acceptors (Lipinski definition) is 9. The van der Waals surface area contributed by atoms with Crippen molar-refractivity contribution >= 4 is 29.0 Å². The molecule has 0 aliphatic heterocycles. The van der Waals surface area contributed by atoms with Crippen LogP contribution < -0.4 is 5.73 Å². The summed E-state index contributed by atoms with van der Waals surface area (Å²) in [6, 6.07) is 9.49. The average Bonchev–Trinajstić information content (AvgIpc) is 3.77. The zero-order valence-corrected chi connectivity index (χ0v) is 23.3. The molecule has 1 amide bonds. The number of carbonyl (C=O) groups is 4. The minimum Gasteiger partial charge on any atom is -0.508 e. The minimum absolute atomic E-state index is 0.0169. The second kappa shape index (κ2) is 9.64. The Labute approximate surface area is 241 Å². The lowest BCUT2D eigenvalue weighted by molar-refractivity contribution is -0.153. The molecule has 0 aromatic heterocycles. The Kier molecular flexibility index (Phi) is 6.40. The third-order valence-electron chi connectivity index (χ3n) is 9.28. The van der Waals surface area contributed by atoms with Gasteiger partial charge >= 0.3 is 0 Å². The van der Waals surface area contributed by atoms with Crippen LogP contribution in [-0.2, 0) is 32.0 Å². The number of phenolic OH excluding ortho intramolecular Hbond substituents is 1. The van der Waals surface area contributed by atoms with Gasteiger partial charge in [0.05, 0.1) is 11.6 Å². The van der Waals surface area contributed by atoms with Gasteiger partial charge in [-0.3, -0.25) is 24.1 Å². The van der Waals surface area contributed by atoms with Crippen LogP contribution in [0.2, 0.25) is 0 Å². The number of hydrogen-bond donors (Lipinski definition) is 5. The lowest BCUT2D eigenvalue weighted by atomic mass is 9.57. The van der Waals surface area contributed by atoms with Crippen molar-refractivity contribution in [2.24, 2.45) is 23.5 Å². The Morgan fingerprint density at radius 1 is 1.02 bits per heavy atom. The molecule has 2 aromatic carbocycles. The molecule has 2 fully saturated rings. The van der Waals surface area contributed by atoms with Crippen molar-refractivity contribution in [3.8, 4) is 16.9 Å². The number of ketones is 3. The first-order chi connectivity index (χ1) is 19.9. The Balaban J connectivity index is 1.45. The van der Waals surface area contributed by atoms with E-state index in [0.29, 0.717) is 17.5 Å². The fourth-order valence-electron chi connectivity index (χ4n) is 7.07. The van der Waals surface area contributed by atoms with E-state index in [-0.39, 0.29) is 41.4 Å². The molecule has 4 aliphatic rings. The van der Waals surface area contributed by atoms with Gasteiger partial charge in [-0.2, -0.15) is 0 Å². The van der Waals surface area contributed by atoms with Gasteiger partial charge in [-0.25, -0.2) is 0 Å². The number of nitrogens with zero attached hydrogens (tertiary/aromatic N) is 1. The topological polar surface area (TPSA) is 178 Å². The molecular formula is C32H32N2O8. The number of benzene rings is 2. The monoisotopic (exact) mass is 572 g/mol. The molecule has 0 saturated heterocycles.